The van der Waals surface area contributed by atoms with Gasteiger partial charge in [-0.2, -0.15) is 0 Å². The van der Waals surface area contributed by atoms with Crippen LogP contribution in [0.15, 0.2) is 6.20 Å². The molecule has 2 fully saturated rings. The average molecular weight is 226 g/mol. The third kappa shape index (κ3) is 1.38. The van der Waals surface area contributed by atoms with Crippen molar-refractivity contribution in [3.63, 3.8) is 0 Å². The first kappa shape index (κ1) is 9.57. The summed E-state index contributed by atoms with van der Waals surface area (Å²) in [5, 5.41) is 9.23. The zero-order chi connectivity index (χ0) is 10.4. The maximum Gasteiger partial charge on any atom is 0.177 e. The van der Waals surface area contributed by atoms with Gasteiger partial charge in [0.2, 0.25) is 0 Å². The van der Waals surface area contributed by atoms with E-state index in [0.29, 0.717) is 23.0 Å². The number of H-pyrrole nitrogens is 1. The number of fused-ring (bicyclic) bond motifs is 2. The number of hydrogen-bond donors (Lipinski definition) is 2. The molecule has 0 amide bonds. The predicted molar refractivity (Wildman–Crippen MR) is 57.1 cm³/mol. The van der Waals surface area contributed by atoms with Crippen molar-refractivity contribution in [2.24, 2.45) is 0 Å². The van der Waals surface area contributed by atoms with Crippen molar-refractivity contribution in [1.29, 1.82) is 0 Å². The van der Waals surface area contributed by atoms with E-state index in [-0.39, 0.29) is 6.61 Å². The van der Waals surface area contributed by atoms with Crippen LogP contribution in [-0.4, -0.2) is 26.9 Å². The molecule has 0 spiro atoms. The smallest absolute Gasteiger partial charge is 0.177 e. The topological polar surface area (TPSA) is 50.2 Å². The van der Waals surface area contributed by atoms with Crippen molar-refractivity contribution < 1.29 is 9.84 Å². The Hall–Kier alpha value is -0.650. The molecule has 2 saturated heterocycles. The summed E-state index contributed by atoms with van der Waals surface area (Å²) in [6, 6.07) is 0.324. The molecule has 82 valence electrons. The zero-order valence-corrected chi connectivity index (χ0v) is 9.17. The van der Waals surface area contributed by atoms with Gasteiger partial charge < -0.3 is 19.4 Å². The van der Waals surface area contributed by atoms with Crippen molar-refractivity contribution in [3.05, 3.63) is 16.7 Å². The second-order valence-electron chi connectivity index (χ2n) is 4.29. The molecule has 2 bridgehead atoms. The van der Waals surface area contributed by atoms with E-state index < -0.39 is 0 Å². The highest BCUT2D eigenvalue weighted by Crippen LogP contribution is 2.42. The van der Waals surface area contributed by atoms with E-state index in [4.69, 9.17) is 17.0 Å². The van der Waals surface area contributed by atoms with Gasteiger partial charge in [-0.3, -0.25) is 0 Å². The molecule has 3 heterocycles. The normalized spacial score (nSPS) is 33.8. The fourth-order valence-corrected chi connectivity index (χ4v) is 3.09. The molecule has 3 unspecified atom stereocenters. The van der Waals surface area contributed by atoms with Gasteiger partial charge in [0.15, 0.2) is 4.77 Å². The number of aliphatic hydroxyl groups is 1. The number of ether oxygens (including phenoxy) is 1. The molecule has 3 atom stereocenters. The maximum atomic E-state index is 9.23. The Morgan fingerprint density at radius 2 is 2.47 bits per heavy atom. The zero-order valence-electron chi connectivity index (χ0n) is 8.35. The van der Waals surface area contributed by atoms with E-state index in [0.717, 1.165) is 18.5 Å². The number of rotatable bonds is 2. The first-order chi connectivity index (χ1) is 7.29. The first-order valence-corrected chi connectivity index (χ1v) is 5.75. The van der Waals surface area contributed by atoms with Crippen molar-refractivity contribution in [2.75, 3.05) is 0 Å². The van der Waals surface area contributed by atoms with Gasteiger partial charge in [-0.15, -0.1) is 0 Å². The van der Waals surface area contributed by atoms with Crippen LogP contribution in [0.5, 0.6) is 0 Å². The lowest BCUT2D eigenvalue weighted by Gasteiger charge is -2.21. The number of aliphatic hydroxyl groups excluding tert-OH is 1. The highest BCUT2D eigenvalue weighted by Gasteiger charge is 2.42. The van der Waals surface area contributed by atoms with Crippen LogP contribution in [0.25, 0.3) is 0 Å². The van der Waals surface area contributed by atoms with Crippen molar-refractivity contribution in [3.8, 4) is 0 Å². The van der Waals surface area contributed by atoms with Gasteiger partial charge >= 0.3 is 0 Å². The minimum Gasteiger partial charge on any atom is -0.390 e. The number of nitrogens with one attached hydrogen (secondary N) is 1. The first-order valence-electron chi connectivity index (χ1n) is 5.34. The lowest BCUT2D eigenvalue weighted by Crippen LogP contribution is -2.22. The van der Waals surface area contributed by atoms with Gasteiger partial charge in [0.25, 0.3) is 0 Å². The van der Waals surface area contributed by atoms with Gasteiger partial charge in [0.1, 0.15) is 0 Å². The molecule has 0 saturated carbocycles. The molecule has 2 aliphatic heterocycles. The van der Waals surface area contributed by atoms with Crippen LogP contribution < -0.4 is 0 Å². The molecule has 15 heavy (non-hydrogen) atoms. The van der Waals surface area contributed by atoms with Crippen LogP contribution in [0.1, 0.15) is 31.0 Å². The number of hydrogen-bond acceptors (Lipinski definition) is 3. The molecule has 5 heteroatoms. The summed E-state index contributed by atoms with van der Waals surface area (Å²) in [4.78, 5) is 2.99. The van der Waals surface area contributed by atoms with Crippen molar-refractivity contribution in [1.82, 2.24) is 9.55 Å². The number of aromatic amines is 1. The van der Waals surface area contributed by atoms with E-state index in [1.165, 1.54) is 6.42 Å². The van der Waals surface area contributed by atoms with Crippen LogP contribution in [0, 0.1) is 4.77 Å². The standard InChI is InChI=1S/C10H14N2O2S/c13-5-6-4-11-10(15)12(6)8-3-7-1-2-9(8)14-7/h4,7-9,13H,1-3,5H2,(H,11,15). The molecule has 2 N–H and O–H groups in total. The minimum absolute atomic E-state index is 0.0288. The summed E-state index contributed by atoms with van der Waals surface area (Å²) in [6.45, 7) is 0.0288. The van der Waals surface area contributed by atoms with E-state index in [9.17, 15) is 5.11 Å². The second kappa shape index (κ2) is 3.43. The molecular weight excluding hydrogens is 212 g/mol. The molecule has 1 aromatic rings. The Morgan fingerprint density at radius 3 is 3.07 bits per heavy atom. The van der Waals surface area contributed by atoms with E-state index >= 15 is 0 Å². The largest absolute Gasteiger partial charge is 0.390 e. The summed E-state index contributed by atoms with van der Waals surface area (Å²) in [5.74, 6) is 0. The van der Waals surface area contributed by atoms with Crippen LogP contribution >= 0.6 is 12.2 Å². The molecule has 1 aromatic heterocycles. The van der Waals surface area contributed by atoms with Crippen LogP contribution in [-0.2, 0) is 11.3 Å². The summed E-state index contributed by atoms with van der Waals surface area (Å²) >= 11 is 5.23. The summed E-state index contributed by atoms with van der Waals surface area (Å²) in [7, 11) is 0. The Kier molecular flexibility index (Phi) is 2.19. The molecule has 3 rings (SSSR count). The van der Waals surface area contributed by atoms with Crippen molar-refractivity contribution in [2.45, 2.75) is 44.1 Å². The highest BCUT2D eigenvalue weighted by atomic mass is 32.1. The fraction of sp³-hybridized carbons (Fsp3) is 0.700. The lowest BCUT2D eigenvalue weighted by atomic mass is 9.95. The third-order valence-corrected chi connectivity index (χ3v) is 3.77. The second-order valence-corrected chi connectivity index (χ2v) is 4.68. The highest BCUT2D eigenvalue weighted by molar-refractivity contribution is 7.71. The van der Waals surface area contributed by atoms with E-state index in [1.54, 1.807) is 6.20 Å². The Bertz CT molecular complexity index is 425. The predicted octanol–water partition coefficient (Wildman–Crippen LogP) is 1.53. The Balaban J connectivity index is 1.99. The SMILES string of the molecule is OCc1c[nH]c(=S)n1C1CC2CCC1O2. The van der Waals surface area contributed by atoms with Gasteiger partial charge in [-0.25, -0.2) is 0 Å². The molecule has 4 nitrogen and oxygen atoms in total. The summed E-state index contributed by atoms with van der Waals surface area (Å²) < 4.78 is 8.52. The summed E-state index contributed by atoms with van der Waals surface area (Å²) in [6.07, 6.45) is 5.81. The maximum absolute atomic E-state index is 9.23. The summed E-state index contributed by atoms with van der Waals surface area (Å²) in [5.41, 5.74) is 0.862. The number of nitrogens with zero attached hydrogens (tertiary/aromatic N) is 1. The van der Waals surface area contributed by atoms with E-state index in [1.807, 2.05) is 4.57 Å². The number of aromatic nitrogens is 2. The molecule has 2 aliphatic rings. The number of imidazole rings is 1. The van der Waals surface area contributed by atoms with Crippen LogP contribution in [0.2, 0.25) is 0 Å². The molecular formula is C10H14N2O2S. The monoisotopic (exact) mass is 226 g/mol. The van der Waals surface area contributed by atoms with Crippen molar-refractivity contribution >= 4 is 12.2 Å². The average Bonchev–Trinajstić information content (AvgIpc) is 2.90. The van der Waals surface area contributed by atoms with Gasteiger partial charge in [0, 0.05) is 6.20 Å². The van der Waals surface area contributed by atoms with Crippen LogP contribution in [0.3, 0.4) is 0 Å². The van der Waals surface area contributed by atoms with Crippen LogP contribution in [0.4, 0.5) is 0 Å². The molecule has 0 aromatic carbocycles. The minimum atomic E-state index is 0.0288. The molecule has 0 radical (unpaired) electrons. The van der Waals surface area contributed by atoms with Gasteiger partial charge in [-0.1, -0.05) is 0 Å². The Labute approximate surface area is 92.9 Å². The lowest BCUT2D eigenvalue weighted by molar-refractivity contribution is 0.0927. The fourth-order valence-electron chi connectivity index (χ4n) is 2.78. The van der Waals surface area contributed by atoms with Gasteiger partial charge in [0.05, 0.1) is 30.6 Å². The molecule has 0 aliphatic carbocycles. The quantitative estimate of drug-likeness (QED) is 0.752. The van der Waals surface area contributed by atoms with Gasteiger partial charge in [-0.05, 0) is 31.5 Å². The third-order valence-electron chi connectivity index (χ3n) is 3.46. The van der Waals surface area contributed by atoms with E-state index in [2.05, 4.69) is 4.98 Å². The Morgan fingerprint density at radius 1 is 1.60 bits per heavy atom.